The molecule has 4 nitrogen and oxygen atoms in total. The van der Waals surface area contributed by atoms with E-state index >= 15 is 0 Å². The maximum Gasteiger partial charge on any atom is 0.230 e. The molecule has 1 heterocycles. The third-order valence-electron chi connectivity index (χ3n) is 4.38. The van der Waals surface area contributed by atoms with Crippen molar-refractivity contribution < 1.29 is 9.59 Å². The van der Waals surface area contributed by atoms with Crippen molar-refractivity contribution >= 4 is 29.1 Å². The molecule has 2 amide bonds. The lowest BCUT2D eigenvalue weighted by Gasteiger charge is -2.34. The van der Waals surface area contributed by atoms with Gasteiger partial charge in [0.1, 0.15) is 0 Å². The predicted molar refractivity (Wildman–Crippen MR) is 93.8 cm³/mol. The molecule has 0 aromatic heterocycles. The lowest BCUT2D eigenvalue weighted by Crippen LogP contribution is -2.44. The first-order valence-electron chi connectivity index (χ1n) is 8.22. The Balaban J connectivity index is 2.09. The minimum absolute atomic E-state index is 0.0126. The molecule has 0 unspecified atom stereocenters. The van der Waals surface area contributed by atoms with Gasteiger partial charge in [0.05, 0.1) is 0 Å². The van der Waals surface area contributed by atoms with Gasteiger partial charge in [-0.1, -0.05) is 12.1 Å². The molecule has 0 bridgehead atoms. The number of aryl methyl sites for hydroxylation is 1. The number of hydrogen-bond acceptors (Lipinski definition) is 2. The Labute approximate surface area is 143 Å². The molecule has 0 atom stereocenters. The Morgan fingerprint density at radius 3 is 2.57 bits per heavy atom. The number of nitrogens with zero attached hydrogens (tertiary/aromatic N) is 2. The Bertz CT molecular complexity index is 554. The highest BCUT2D eigenvalue weighted by molar-refractivity contribution is 6.17. The van der Waals surface area contributed by atoms with Gasteiger partial charge in [0.2, 0.25) is 11.8 Å². The number of piperidine rings is 1. The molecule has 1 fully saturated rings. The van der Waals surface area contributed by atoms with E-state index in [0.717, 1.165) is 30.5 Å². The van der Waals surface area contributed by atoms with Crippen LogP contribution in [0.5, 0.6) is 0 Å². The minimum Gasteiger partial charge on any atom is -0.343 e. The largest absolute Gasteiger partial charge is 0.343 e. The molecule has 2 rings (SSSR count). The number of halogens is 1. The molecule has 1 aliphatic heterocycles. The number of carbonyl (C=O) groups is 2. The zero-order chi connectivity index (χ0) is 16.8. The van der Waals surface area contributed by atoms with Crippen LogP contribution in [0.3, 0.4) is 0 Å². The normalized spacial score (nSPS) is 15.5. The SMILES string of the molecule is CC(=O)N1CCC(C(=O)N(CCCCl)c2cccc(C)c2)CC1. The van der Waals surface area contributed by atoms with Crippen molar-refractivity contribution in [3.63, 3.8) is 0 Å². The van der Waals surface area contributed by atoms with Crippen LogP contribution in [0.4, 0.5) is 5.69 Å². The summed E-state index contributed by atoms with van der Waals surface area (Å²) in [4.78, 5) is 28.1. The van der Waals surface area contributed by atoms with Crippen molar-refractivity contribution in [2.45, 2.75) is 33.1 Å². The van der Waals surface area contributed by atoms with Crippen LogP contribution < -0.4 is 4.90 Å². The first kappa shape index (κ1) is 17.8. The standard InChI is InChI=1S/C18H25ClN2O2/c1-14-5-3-6-17(13-14)21(10-4-9-19)18(23)16-7-11-20(12-8-16)15(2)22/h3,5-6,13,16H,4,7-12H2,1-2H3. The number of carbonyl (C=O) groups excluding carboxylic acids is 2. The highest BCUT2D eigenvalue weighted by Crippen LogP contribution is 2.24. The molecule has 0 N–H and O–H groups in total. The van der Waals surface area contributed by atoms with Gasteiger partial charge in [0.15, 0.2) is 0 Å². The van der Waals surface area contributed by atoms with Gasteiger partial charge in [-0.05, 0) is 43.9 Å². The predicted octanol–water partition coefficient (Wildman–Crippen LogP) is 3.22. The second kappa shape index (κ2) is 8.34. The summed E-state index contributed by atoms with van der Waals surface area (Å²) >= 11 is 5.83. The Hall–Kier alpha value is -1.55. The molecular formula is C18H25ClN2O2. The molecule has 1 aromatic carbocycles. The van der Waals surface area contributed by atoms with Crippen LogP contribution in [0.25, 0.3) is 0 Å². The molecular weight excluding hydrogens is 312 g/mol. The number of anilines is 1. The maximum atomic E-state index is 13.0. The molecule has 126 valence electrons. The molecule has 0 radical (unpaired) electrons. The lowest BCUT2D eigenvalue weighted by atomic mass is 9.94. The van der Waals surface area contributed by atoms with Gasteiger partial charge in [0, 0.05) is 44.0 Å². The first-order chi connectivity index (χ1) is 11.0. The van der Waals surface area contributed by atoms with Gasteiger partial charge in [-0.25, -0.2) is 0 Å². The van der Waals surface area contributed by atoms with Crippen LogP contribution in [0.2, 0.25) is 0 Å². The summed E-state index contributed by atoms with van der Waals surface area (Å²) in [6.45, 7) is 5.59. The third-order valence-corrected chi connectivity index (χ3v) is 4.65. The quantitative estimate of drug-likeness (QED) is 0.775. The van der Waals surface area contributed by atoms with Crippen LogP contribution in [0.15, 0.2) is 24.3 Å². The van der Waals surface area contributed by atoms with E-state index in [0.29, 0.717) is 25.5 Å². The number of benzene rings is 1. The van der Waals surface area contributed by atoms with Crippen LogP contribution in [0.1, 0.15) is 31.7 Å². The average molecular weight is 337 g/mol. The van der Waals surface area contributed by atoms with Crippen LogP contribution in [-0.2, 0) is 9.59 Å². The van der Waals surface area contributed by atoms with E-state index < -0.39 is 0 Å². The molecule has 0 saturated carbocycles. The summed E-state index contributed by atoms with van der Waals surface area (Å²) in [6.07, 6.45) is 2.25. The molecule has 1 saturated heterocycles. The Kier molecular flexibility index (Phi) is 6.46. The van der Waals surface area contributed by atoms with Crippen LogP contribution in [-0.4, -0.2) is 42.2 Å². The van der Waals surface area contributed by atoms with E-state index in [-0.39, 0.29) is 17.7 Å². The number of amides is 2. The highest BCUT2D eigenvalue weighted by atomic mass is 35.5. The highest BCUT2D eigenvalue weighted by Gasteiger charge is 2.29. The number of rotatable bonds is 5. The minimum atomic E-state index is -0.0126. The number of alkyl halides is 1. The van der Waals surface area contributed by atoms with Gasteiger partial charge in [0.25, 0.3) is 0 Å². The second-order valence-electron chi connectivity index (χ2n) is 6.15. The van der Waals surface area contributed by atoms with Crippen molar-refractivity contribution in [2.75, 3.05) is 30.4 Å². The topological polar surface area (TPSA) is 40.6 Å². The molecule has 1 aliphatic rings. The molecule has 5 heteroatoms. The zero-order valence-corrected chi connectivity index (χ0v) is 14.7. The van der Waals surface area contributed by atoms with Gasteiger partial charge < -0.3 is 9.80 Å². The van der Waals surface area contributed by atoms with Crippen molar-refractivity contribution in [3.8, 4) is 0 Å². The van der Waals surface area contributed by atoms with Gasteiger partial charge in [-0.15, -0.1) is 11.6 Å². The van der Waals surface area contributed by atoms with Gasteiger partial charge in [-0.2, -0.15) is 0 Å². The second-order valence-corrected chi connectivity index (χ2v) is 6.53. The number of likely N-dealkylation sites (tertiary alicyclic amines) is 1. The summed E-state index contributed by atoms with van der Waals surface area (Å²) in [6, 6.07) is 8.02. The number of hydrogen-bond donors (Lipinski definition) is 0. The van der Waals surface area contributed by atoms with Crippen LogP contribution in [0, 0.1) is 12.8 Å². The van der Waals surface area contributed by atoms with Gasteiger partial charge in [-0.3, -0.25) is 9.59 Å². The average Bonchev–Trinajstić information content (AvgIpc) is 2.55. The summed E-state index contributed by atoms with van der Waals surface area (Å²) < 4.78 is 0. The smallest absolute Gasteiger partial charge is 0.230 e. The summed E-state index contributed by atoms with van der Waals surface area (Å²) in [5.41, 5.74) is 2.08. The lowest BCUT2D eigenvalue weighted by molar-refractivity contribution is -0.133. The van der Waals surface area contributed by atoms with E-state index in [1.54, 1.807) is 6.92 Å². The molecule has 1 aromatic rings. The summed E-state index contributed by atoms with van der Waals surface area (Å²) in [5, 5.41) is 0. The fourth-order valence-electron chi connectivity index (χ4n) is 3.04. The van der Waals surface area contributed by atoms with E-state index in [2.05, 4.69) is 0 Å². The summed E-state index contributed by atoms with van der Waals surface area (Å²) in [7, 11) is 0. The molecule has 23 heavy (non-hydrogen) atoms. The first-order valence-corrected chi connectivity index (χ1v) is 8.76. The van der Waals surface area contributed by atoms with Gasteiger partial charge >= 0.3 is 0 Å². The molecule has 0 aliphatic carbocycles. The Morgan fingerprint density at radius 1 is 1.30 bits per heavy atom. The van der Waals surface area contributed by atoms with E-state index in [1.807, 2.05) is 41.0 Å². The van der Waals surface area contributed by atoms with Crippen molar-refractivity contribution in [1.82, 2.24) is 4.90 Å². The van der Waals surface area contributed by atoms with E-state index in [9.17, 15) is 9.59 Å². The fraction of sp³-hybridized carbons (Fsp3) is 0.556. The van der Waals surface area contributed by atoms with Crippen molar-refractivity contribution in [1.29, 1.82) is 0 Å². The van der Waals surface area contributed by atoms with Crippen molar-refractivity contribution in [3.05, 3.63) is 29.8 Å². The Morgan fingerprint density at radius 2 is 2.00 bits per heavy atom. The van der Waals surface area contributed by atoms with Crippen molar-refractivity contribution in [2.24, 2.45) is 5.92 Å². The zero-order valence-electron chi connectivity index (χ0n) is 13.9. The maximum absolute atomic E-state index is 13.0. The molecule has 0 spiro atoms. The monoisotopic (exact) mass is 336 g/mol. The summed E-state index contributed by atoms with van der Waals surface area (Å²) in [5.74, 6) is 0.775. The van der Waals surface area contributed by atoms with E-state index in [4.69, 9.17) is 11.6 Å². The van der Waals surface area contributed by atoms with E-state index in [1.165, 1.54) is 0 Å². The third kappa shape index (κ3) is 4.71. The van der Waals surface area contributed by atoms with Crippen LogP contribution >= 0.6 is 11.6 Å². The fourth-order valence-corrected chi connectivity index (χ4v) is 3.16.